The van der Waals surface area contributed by atoms with Gasteiger partial charge in [-0.3, -0.25) is 0 Å². The summed E-state index contributed by atoms with van der Waals surface area (Å²) in [4.78, 5) is 0. The first-order valence-electron chi connectivity index (χ1n) is 20.3. The van der Waals surface area contributed by atoms with E-state index in [2.05, 4.69) is 229 Å². The third-order valence-corrected chi connectivity index (χ3v) is 18.4. The molecule has 0 radical (unpaired) electrons. The summed E-state index contributed by atoms with van der Waals surface area (Å²) in [7, 11) is -2.96. The van der Waals surface area contributed by atoms with Crippen LogP contribution in [0, 0.1) is 0 Å². The lowest BCUT2D eigenvalue weighted by molar-refractivity contribution is 1.19. The van der Waals surface area contributed by atoms with Crippen LogP contribution < -0.4 is 20.7 Å². The molecule has 59 heavy (non-hydrogen) atoms. The highest BCUT2D eigenvalue weighted by atomic mass is 32.1. The van der Waals surface area contributed by atoms with Crippen LogP contribution in [-0.4, -0.2) is 12.6 Å². The summed E-state index contributed by atoms with van der Waals surface area (Å²) in [5, 5.41) is 15.7. The third-order valence-electron chi connectivity index (χ3n) is 12.5. The standard InChI is InChI=1S/C56H37NSSi/c1-3-20-41(21-4-1)59(42-22-5-2-6-23-42,43-24-15-18-38(35-43)51-36-39-17-7-8-26-45(39)46-27-9-10-28-47(46)51)44-25-16-19-40(37-44)57-52-31-13-11-29-48(52)49-33-34-54-55(56(49)57)50-30-12-14-32-53(50)58-54/h1-37H. The molecule has 0 saturated heterocycles. The summed E-state index contributed by atoms with van der Waals surface area (Å²) in [5.74, 6) is 0. The fourth-order valence-electron chi connectivity index (χ4n) is 10.0. The Balaban J connectivity index is 1.17. The molecule has 0 N–H and O–H groups in total. The van der Waals surface area contributed by atoms with Crippen LogP contribution in [0.2, 0.25) is 0 Å². The van der Waals surface area contributed by atoms with Crippen molar-refractivity contribution < 1.29 is 0 Å². The van der Waals surface area contributed by atoms with Crippen LogP contribution >= 0.6 is 11.3 Å². The summed E-state index contributed by atoms with van der Waals surface area (Å²) in [5.41, 5.74) is 6.17. The molecule has 12 rings (SSSR count). The van der Waals surface area contributed by atoms with Gasteiger partial charge in [0.25, 0.3) is 0 Å². The maximum absolute atomic E-state index is 2.96. The van der Waals surface area contributed by atoms with Gasteiger partial charge >= 0.3 is 0 Å². The van der Waals surface area contributed by atoms with E-state index < -0.39 is 8.07 Å². The normalized spacial score (nSPS) is 12.1. The Hall–Kier alpha value is -7.04. The van der Waals surface area contributed by atoms with Crippen molar-refractivity contribution in [3.05, 3.63) is 224 Å². The van der Waals surface area contributed by atoms with Crippen LogP contribution in [0.15, 0.2) is 224 Å². The Morgan fingerprint density at radius 1 is 0.356 bits per heavy atom. The second-order valence-corrected chi connectivity index (χ2v) is 20.5. The zero-order valence-electron chi connectivity index (χ0n) is 32.2. The first-order chi connectivity index (χ1) is 29.3. The second-order valence-electron chi connectivity index (χ2n) is 15.6. The summed E-state index contributed by atoms with van der Waals surface area (Å²) in [6, 6.07) is 84.2. The van der Waals surface area contributed by atoms with Gasteiger partial charge in [-0.2, -0.15) is 0 Å². The highest BCUT2D eigenvalue weighted by molar-refractivity contribution is 7.26. The van der Waals surface area contributed by atoms with Crippen molar-refractivity contribution in [3.8, 4) is 16.8 Å². The number of fused-ring (bicyclic) bond motifs is 10. The molecule has 0 fully saturated rings. The molecule has 0 spiro atoms. The molecule has 10 aromatic carbocycles. The van der Waals surface area contributed by atoms with Gasteiger partial charge in [0, 0.05) is 36.6 Å². The smallest absolute Gasteiger partial charge is 0.179 e. The summed E-state index contributed by atoms with van der Waals surface area (Å²) >= 11 is 1.88. The van der Waals surface area contributed by atoms with E-state index in [0.717, 1.165) is 0 Å². The van der Waals surface area contributed by atoms with Crippen molar-refractivity contribution in [2.24, 2.45) is 0 Å². The number of benzene rings is 10. The van der Waals surface area contributed by atoms with Crippen molar-refractivity contribution in [1.29, 1.82) is 0 Å². The predicted molar refractivity (Wildman–Crippen MR) is 258 cm³/mol. The van der Waals surface area contributed by atoms with Gasteiger partial charge in [-0.25, -0.2) is 0 Å². The molecule has 1 nitrogen and oxygen atoms in total. The van der Waals surface area contributed by atoms with Gasteiger partial charge in [0.15, 0.2) is 8.07 Å². The lowest BCUT2D eigenvalue weighted by Gasteiger charge is -2.35. The van der Waals surface area contributed by atoms with E-state index in [1.54, 1.807) is 0 Å². The number of thiophene rings is 1. The van der Waals surface area contributed by atoms with Gasteiger partial charge in [-0.15, -0.1) is 11.3 Å². The number of para-hydroxylation sites is 1. The summed E-state index contributed by atoms with van der Waals surface area (Å²) < 4.78 is 5.18. The predicted octanol–water partition coefficient (Wildman–Crippen LogP) is 12.5. The van der Waals surface area contributed by atoms with Gasteiger partial charge in [-0.05, 0) is 89.8 Å². The minimum absolute atomic E-state index is 1.18. The van der Waals surface area contributed by atoms with Crippen molar-refractivity contribution in [3.63, 3.8) is 0 Å². The highest BCUT2D eigenvalue weighted by Crippen LogP contribution is 2.43. The zero-order chi connectivity index (χ0) is 38.9. The van der Waals surface area contributed by atoms with Gasteiger partial charge < -0.3 is 4.57 Å². The molecular weight excluding hydrogens is 747 g/mol. The lowest BCUT2D eigenvalue weighted by Crippen LogP contribution is -2.74. The molecule has 276 valence electrons. The Labute approximate surface area is 347 Å². The first-order valence-corrected chi connectivity index (χ1v) is 23.2. The molecule has 2 aromatic heterocycles. The van der Waals surface area contributed by atoms with Crippen LogP contribution in [0.25, 0.3) is 80.3 Å². The topological polar surface area (TPSA) is 4.93 Å². The average Bonchev–Trinajstić information content (AvgIpc) is 3.86. The molecule has 0 aliphatic rings. The molecule has 0 aliphatic heterocycles. The molecule has 0 saturated carbocycles. The minimum Gasteiger partial charge on any atom is -0.309 e. The van der Waals surface area contributed by atoms with Crippen molar-refractivity contribution in [1.82, 2.24) is 4.57 Å². The number of rotatable bonds is 6. The summed E-state index contributed by atoms with van der Waals surface area (Å²) in [6.45, 7) is 0. The molecule has 12 aromatic rings. The second kappa shape index (κ2) is 13.5. The molecule has 2 heterocycles. The largest absolute Gasteiger partial charge is 0.309 e. The number of hydrogen-bond donors (Lipinski definition) is 0. The molecular formula is C56H37NSSi. The van der Waals surface area contributed by atoms with E-state index in [9.17, 15) is 0 Å². The number of aromatic nitrogens is 1. The molecule has 0 atom stereocenters. The Morgan fingerprint density at radius 2 is 0.949 bits per heavy atom. The quantitative estimate of drug-likeness (QED) is 0.0899. The van der Waals surface area contributed by atoms with E-state index in [1.165, 1.54) is 101 Å². The van der Waals surface area contributed by atoms with Crippen LogP contribution in [0.4, 0.5) is 0 Å². The van der Waals surface area contributed by atoms with Crippen LogP contribution in [0.3, 0.4) is 0 Å². The van der Waals surface area contributed by atoms with E-state index >= 15 is 0 Å². The Kier molecular flexibility index (Phi) is 7.80. The van der Waals surface area contributed by atoms with Crippen LogP contribution in [0.1, 0.15) is 0 Å². The van der Waals surface area contributed by atoms with E-state index in [1.807, 2.05) is 11.3 Å². The Bertz CT molecular complexity index is 3520. The van der Waals surface area contributed by atoms with Gasteiger partial charge in [0.05, 0.1) is 11.0 Å². The fraction of sp³-hybridized carbons (Fsp3) is 0. The van der Waals surface area contributed by atoms with Crippen LogP contribution in [0.5, 0.6) is 0 Å². The SMILES string of the molecule is c1ccc([Si](c2ccccc2)(c2cccc(-c3cc4ccccc4c4ccccc34)c2)c2cccc(-n3c4ccccc4c4ccc5sc6ccccc6c5c43)c2)cc1. The van der Waals surface area contributed by atoms with E-state index in [0.29, 0.717) is 0 Å². The monoisotopic (exact) mass is 783 g/mol. The summed E-state index contributed by atoms with van der Waals surface area (Å²) in [6.07, 6.45) is 0. The van der Waals surface area contributed by atoms with Crippen molar-refractivity contribution in [2.75, 3.05) is 0 Å². The molecule has 3 heteroatoms. The first kappa shape index (κ1) is 34.0. The van der Waals surface area contributed by atoms with E-state index in [-0.39, 0.29) is 0 Å². The molecule has 0 amide bonds. The number of nitrogens with zero attached hydrogens (tertiary/aromatic N) is 1. The highest BCUT2D eigenvalue weighted by Gasteiger charge is 2.42. The third kappa shape index (κ3) is 5.15. The minimum atomic E-state index is -2.96. The maximum Gasteiger partial charge on any atom is 0.179 e. The zero-order valence-corrected chi connectivity index (χ0v) is 34.0. The number of hydrogen-bond acceptors (Lipinski definition) is 1. The molecule has 0 aliphatic carbocycles. The molecule has 0 unspecified atom stereocenters. The van der Waals surface area contributed by atoms with Crippen molar-refractivity contribution >= 4 is 104 Å². The molecule has 0 bridgehead atoms. The van der Waals surface area contributed by atoms with Crippen molar-refractivity contribution in [2.45, 2.75) is 0 Å². The maximum atomic E-state index is 2.54. The van der Waals surface area contributed by atoms with Crippen LogP contribution in [-0.2, 0) is 0 Å². The lowest BCUT2D eigenvalue weighted by atomic mass is 9.93. The fourth-order valence-corrected chi connectivity index (χ4v) is 15.9. The Morgan fingerprint density at radius 3 is 1.73 bits per heavy atom. The van der Waals surface area contributed by atoms with Gasteiger partial charge in [0.1, 0.15) is 0 Å². The van der Waals surface area contributed by atoms with Gasteiger partial charge in [0.2, 0.25) is 0 Å². The average molecular weight is 784 g/mol. The van der Waals surface area contributed by atoms with E-state index in [4.69, 9.17) is 0 Å². The van der Waals surface area contributed by atoms with Gasteiger partial charge in [-0.1, -0.05) is 188 Å².